The molecule has 4 aromatic carbocycles. The van der Waals surface area contributed by atoms with Crippen molar-refractivity contribution in [1.82, 2.24) is 20.0 Å². The van der Waals surface area contributed by atoms with E-state index in [0.29, 0.717) is 59.8 Å². The van der Waals surface area contributed by atoms with Crippen molar-refractivity contribution in [2.45, 2.75) is 94.7 Å². The molecule has 6 atom stereocenters. The summed E-state index contributed by atoms with van der Waals surface area (Å²) in [6.07, 6.45) is 15.3. The topological polar surface area (TPSA) is 145 Å². The number of hydrogen-bond donors (Lipinski definition) is 2. The summed E-state index contributed by atoms with van der Waals surface area (Å²) < 4.78 is 20.2. The van der Waals surface area contributed by atoms with E-state index in [1.165, 1.54) is 24.8 Å². The molecule has 2 aromatic heterocycles. The van der Waals surface area contributed by atoms with Gasteiger partial charge >= 0.3 is 0 Å². The Hall–Kier alpha value is -5.52. The number of carbonyl (C=O) groups excluding carboxylic acids is 3. The normalized spacial score (nSPS) is 24.0. The Morgan fingerprint density at radius 3 is 2.66 bits per heavy atom. The van der Waals surface area contributed by atoms with Crippen molar-refractivity contribution < 1.29 is 28.3 Å². The zero-order valence-electron chi connectivity index (χ0n) is 34.7. The number of benzene rings is 4. The number of hydrogen-bond acceptors (Lipinski definition) is 8. The molecule has 2 aliphatic heterocycles. The largest absolute Gasteiger partial charge is 0.484 e. The fourth-order valence-corrected chi connectivity index (χ4v) is 10.6. The maximum Gasteiger partial charge on any atom is 0.257 e. The molecule has 2 aliphatic carbocycles. The van der Waals surface area contributed by atoms with Crippen molar-refractivity contribution in [2.75, 3.05) is 32.8 Å². The van der Waals surface area contributed by atoms with Gasteiger partial charge in [-0.05, 0) is 135 Å². The molecule has 0 bridgehead atoms. The summed E-state index contributed by atoms with van der Waals surface area (Å²) in [6, 6.07) is 24.2. The third-order valence-electron chi connectivity index (χ3n) is 14.1. The number of nitrogens with one attached hydrogen (secondary N) is 1. The van der Waals surface area contributed by atoms with Crippen LogP contribution >= 0.6 is 0 Å². The van der Waals surface area contributed by atoms with Gasteiger partial charge in [-0.15, -0.1) is 0 Å². The van der Waals surface area contributed by atoms with Gasteiger partial charge in [-0.3, -0.25) is 14.4 Å². The predicted octanol–water partition coefficient (Wildman–Crippen LogP) is 8.59. The van der Waals surface area contributed by atoms with E-state index in [4.69, 9.17) is 19.6 Å². The highest BCUT2D eigenvalue weighted by Gasteiger charge is 2.55. The van der Waals surface area contributed by atoms with Crippen LogP contribution in [0.15, 0.2) is 89.7 Å². The van der Waals surface area contributed by atoms with Crippen molar-refractivity contribution in [3.8, 4) is 11.4 Å². The highest BCUT2D eigenvalue weighted by atomic mass is 16.6. The monoisotopic (exact) mass is 821 g/mol. The number of amides is 2. The first-order valence-corrected chi connectivity index (χ1v) is 22.5. The van der Waals surface area contributed by atoms with Gasteiger partial charge in [0.15, 0.2) is 6.61 Å². The van der Waals surface area contributed by atoms with E-state index in [9.17, 15) is 14.4 Å². The van der Waals surface area contributed by atoms with Crippen LogP contribution in [0.2, 0.25) is 0 Å². The van der Waals surface area contributed by atoms with Gasteiger partial charge in [0.2, 0.25) is 0 Å². The minimum atomic E-state index is -0.472. The van der Waals surface area contributed by atoms with E-state index in [1.807, 2.05) is 53.5 Å². The summed E-state index contributed by atoms with van der Waals surface area (Å²) in [6.45, 7) is 3.91. The second-order valence-corrected chi connectivity index (χ2v) is 17.9. The molecule has 316 valence electrons. The number of piperidine rings is 1. The molecular formula is C50H55N5O6. The number of Topliss-reactive ketones (excluding diaryl/α,β-unsaturated/α-hetero) is 1. The molecule has 2 saturated carbocycles. The van der Waals surface area contributed by atoms with Crippen molar-refractivity contribution in [1.29, 1.82) is 0 Å². The molecule has 0 spiro atoms. The summed E-state index contributed by atoms with van der Waals surface area (Å²) in [5, 5.41) is 11.8. The first-order chi connectivity index (χ1) is 29.9. The van der Waals surface area contributed by atoms with Crippen LogP contribution in [0.4, 0.5) is 0 Å². The zero-order valence-corrected chi connectivity index (χ0v) is 34.7. The standard InChI is InChI=1S/C50H55N5O6/c51-50(58)42-9-5-7-35-28-55(53-47(35)42)36-14-10-31(11-15-36)34-8-6-24-54(27-34)23-4-2-1-3-22-52-45(57)30-59-38-17-20-39-33(26-38)13-21-44-46(39)43(29-60-44)41-19-16-37(56)25-32-12-18-40(32)48-49(41)61-48/h5,7,9-11,13-15,17,20-21,26,28-29,32,34,40-41,48-49H,1-4,6,8,12,16,18-19,22-25,27,30H2,(H2,51,58)(H,52,57)/t32?,34-,40?,41?,48?,49?/m1/s1. The van der Waals surface area contributed by atoms with E-state index in [2.05, 4.69) is 45.6 Å². The Morgan fingerprint density at radius 1 is 0.918 bits per heavy atom. The number of ether oxygens (including phenoxy) is 2. The third-order valence-corrected chi connectivity index (χ3v) is 14.1. The number of unbranched alkanes of at least 4 members (excludes halogenated alkanes) is 3. The quantitative estimate of drug-likeness (QED) is 0.0822. The molecule has 3 N–H and O–H groups in total. The number of furan rings is 1. The third kappa shape index (κ3) is 8.30. The lowest BCUT2D eigenvalue weighted by atomic mass is 9.69. The Morgan fingerprint density at radius 2 is 1.80 bits per heavy atom. The fraction of sp³-hybridized carbons (Fsp3) is 0.440. The Kier molecular flexibility index (Phi) is 11.1. The SMILES string of the molecule is NC(=O)c1cccc2cn(-c3ccc([C@@H]4CCCN(CCCCCCNC(=O)COc5ccc6c(ccc7occ(C8CCC(=O)CC9CCC9C9OC89)c76)c5)C4)cc3)nc12. The minimum Gasteiger partial charge on any atom is -0.484 e. The number of nitrogens with two attached hydrogens (primary N) is 1. The van der Waals surface area contributed by atoms with Crippen LogP contribution in [0.3, 0.4) is 0 Å². The molecule has 4 fully saturated rings. The van der Waals surface area contributed by atoms with Gasteiger partial charge in [0, 0.05) is 54.4 Å². The minimum absolute atomic E-state index is 0.0274. The molecule has 2 amide bonds. The van der Waals surface area contributed by atoms with Gasteiger partial charge in [-0.1, -0.05) is 43.2 Å². The van der Waals surface area contributed by atoms with Crippen molar-refractivity contribution in [3.05, 3.63) is 102 Å². The molecule has 10 rings (SSSR count). The highest BCUT2D eigenvalue weighted by Crippen LogP contribution is 2.54. The molecule has 4 heterocycles. The number of nitrogens with zero attached hydrogens (tertiary/aromatic N) is 3. The maximum atomic E-state index is 12.8. The van der Waals surface area contributed by atoms with Gasteiger partial charge in [-0.25, -0.2) is 4.68 Å². The van der Waals surface area contributed by atoms with E-state index >= 15 is 0 Å². The number of ketones is 1. The predicted molar refractivity (Wildman–Crippen MR) is 235 cm³/mol. The van der Waals surface area contributed by atoms with Crippen molar-refractivity contribution >= 4 is 50.2 Å². The summed E-state index contributed by atoms with van der Waals surface area (Å²) in [5.74, 6) is 2.11. The summed E-state index contributed by atoms with van der Waals surface area (Å²) in [5.41, 5.74) is 10.9. The molecule has 6 aromatic rings. The number of fused-ring (bicyclic) bond motifs is 7. The van der Waals surface area contributed by atoms with Gasteiger partial charge < -0.3 is 29.8 Å². The lowest BCUT2D eigenvalue weighted by Crippen LogP contribution is -2.35. The summed E-state index contributed by atoms with van der Waals surface area (Å²) in [4.78, 5) is 40.0. The van der Waals surface area contributed by atoms with Crippen LogP contribution in [-0.4, -0.2) is 77.3 Å². The highest BCUT2D eigenvalue weighted by molar-refractivity contribution is 6.08. The second kappa shape index (κ2) is 17.1. The van der Waals surface area contributed by atoms with Crippen LogP contribution in [0.1, 0.15) is 104 Å². The summed E-state index contributed by atoms with van der Waals surface area (Å²) in [7, 11) is 0. The second-order valence-electron chi connectivity index (χ2n) is 17.9. The van der Waals surface area contributed by atoms with Gasteiger partial charge in [0.05, 0.1) is 29.7 Å². The van der Waals surface area contributed by atoms with Crippen molar-refractivity contribution in [3.63, 3.8) is 0 Å². The molecule has 5 unspecified atom stereocenters. The van der Waals surface area contributed by atoms with E-state index in [0.717, 1.165) is 96.5 Å². The average Bonchev–Trinajstić information content (AvgIpc) is 3.66. The Bertz CT molecular complexity index is 2580. The van der Waals surface area contributed by atoms with E-state index in [-0.39, 0.29) is 30.6 Å². The lowest BCUT2D eigenvalue weighted by molar-refractivity contribution is -0.123. The molecule has 11 nitrogen and oxygen atoms in total. The molecule has 0 radical (unpaired) electrons. The van der Waals surface area contributed by atoms with E-state index < -0.39 is 5.91 Å². The number of epoxide rings is 1. The fourth-order valence-electron chi connectivity index (χ4n) is 10.6. The Balaban J connectivity index is 0.652. The average molecular weight is 822 g/mol. The first kappa shape index (κ1) is 39.6. The summed E-state index contributed by atoms with van der Waals surface area (Å²) >= 11 is 0. The lowest BCUT2D eigenvalue weighted by Gasteiger charge is -2.35. The Labute approximate surface area is 355 Å². The smallest absolute Gasteiger partial charge is 0.257 e. The zero-order chi connectivity index (χ0) is 41.5. The van der Waals surface area contributed by atoms with Crippen LogP contribution in [0.25, 0.3) is 38.3 Å². The van der Waals surface area contributed by atoms with Gasteiger partial charge in [0.1, 0.15) is 22.6 Å². The number of rotatable bonds is 14. The first-order valence-electron chi connectivity index (χ1n) is 22.5. The van der Waals surface area contributed by atoms with Crippen LogP contribution in [0.5, 0.6) is 5.75 Å². The molecule has 61 heavy (non-hydrogen) atoms. The van der Waals surface area contributed by atoms with Crippen LogP contribution in [-0.2, 0) is 14.3 Å². The maximum absolute atomic E-state index is 12.8. The molecule has 4 aliphatic rings. The number of carbonyl (C=O) groups is 3. The van der Waals surface area contributed by atoms with Crippen LogP contribution < -0.4 is 15.8 Å². The molecular weight excluding hydrogens is 767 g/mol. The molecule has 11 heteroatoms. The van der Waals surface area contributed by atoms with Gasteiger partial charge in [0.25, 0.3) is 11.8 Å². The van der Waals surface area contributed by atoms with Gasteiger partial charge in [-0.2, -0.15) is 5.10 Å². The van der Waals surface area contributed by atoms with Crippen molar-refractivity contribution in [2.24, 2.45) is 17.6 Å². The molecule has 2 saturated heterocycles. The van der Waals surface area contributed by atoms with E-state index in [1.54, 1.807) is 6.07 Å². The number of primary amides is 1. The number of aromatic nitrogens is 2. The number of likely N-dealkylation sites (tertiary alicyclic amines) is 1. The van der Waals surface area contributed by atoms with Crippen LogP contribution in [0, 0.1) is 11.8 Å².